The zero-order chi connectivity index (χ0) is 25.9. The summed E-state index contributed by atoms with van der Waals surface area (Å²) in [6.07, 6.45) is 3.86. The zero-order valence-electron chi connectivity index (χ0n) is 20.2. The van der Waals surface area contributed by atoms with Crippen LogP contribution in [-0.4, -0.2) is 31.9 Å². The molecular formula is C31H21N3O2S2. The molecule has 3 aromatic carbocycles. The van der Waals surface area contributed by atoms with Gasteiger partial charge in [-0.3, -0.25) is 9.59 Å². The maximum Gasteiger partial charge on any atom is 0.205 e. The smallest absolute Gasteiger partial charge is 0.205 e. The third-order valence-electron chi connectivity index (χ3n) is 6.09. The molecule has 0 aliphatic carbocycles. The van der Waals surface area contributed by atoms with Gasteiger partial charge < -0.3 is 4.57 Å². The van der Waals surface area contributed by atoms with Gasteiger partial charge in [0.2, 0.25) is 5.78 Å². The van der Waals surface area contributed by atoms with Crippen molar-refractivity contribution < 1.29 is 9.59 Å². The van der Waals surface area contributed by atoms with Gasteiger partial charge in [-0.25, -0.2) is 9.97 Å². The number of hydrogen-bond acceptors (Lipinski definition) is 6. The second-order valence-electron chi connectivity index (χ2n) is 8.54. The third kappa shape index (κ3) is 4.69. The number of Topliss-reactive ketones (excluding diaryl/α,β-unsaturated/α-hetero) is 1. The predicted molar refractivity (Wildman–Crippen MR) is 154 cm³/mol. The van der Waals surface area contributed by atoms with Crippen LogP contribution in [0.4, 0.5) is 0 Å². The van der Waals surface area contributed by atoms with Crippen LogP contribution in [0.2, 0.25) is 0 Å². The van der Waals surface area contributed by atoms with Crippen molar-refractivity contribution in [3.05, 3.63) is 132 Å². The molecule has 0 fully saturated rings. The molecule has 0 saturated carbocycles. The average Bonchev–Trinajstić information content (AvgIpc) is 3.64. The van der Waals surface area contributed by atoms with Crippen molar-refractivity contribution in [2.45, 2.75) is 5.16 Å². The number of carbonyl (C=O) groups excluding carboxylic acids is 2. The average molecular weight is 532 g/mol. The van der Waals surface area contributed by atoms with Crippen LogP contribution in [0, 0.1) is 0 Å². The van der Waals surface area contributed by atoms with Crippen LogP contribution in [0.25, 0.3) is 27.2 Å². The Morgan fingerprint density at radius 3 is 2.00 bits per heavy atom. The molecule has 7 heteroatoms. The number of fused-ring (bicyclic) bond motifs is 1. The number of ketones is 2. The van der Waals surface area contributed by atoms with Crippen LogP contribution < -0.4 is 0 Å². The molecule has 0 atom stereocenters. The predicted octanol–water partition coefficient (Wildman–Crippen LogP) is 7.36. The lowest BCUT2D eigenvalue weighted by Crippen LogP contribution is -2.04. The minimum absolute atomic E-state index is 0.0136. The molecule has 3 aromatic heterocycles. The Kier molecular flexibility index (Phi) is 6.69. The number of hydrogen-bond donors (Lipinski definition) is 0. The van der Waals surface area contributed by atoms with Crippen LogP contribution >= 0.6 is 23.1 Å². The molecule has 0 aliphatic rings. The summed E-state index contributed by atoms with van der Waals surface area (Å²) in [4.78, 5) is 37.6. The van der Waals surface area contributed by atoms with Gasteiger partial charge >= 0.3 is 0 Å². The van der Waals surface area contributed by atoms with Gasteiger partial charge in [0.05, 0.1) is 22.5 Å². The number of nitrogens with zero attached hydrogens (tertiary/aromatic N) is 3. The van der Waals surface area contributed by atoms with Crippen molar-refractivity contribution in [3.63, 3.8) is 0 Å². The van der Waals surface area contributed by atoms with E-state index in [0.717, 1.165) is 22.3 Å². The molecule has 0 amide bonds. The Bertz CT molecular complexity index is 1730. The topological polar surface area (TPSA) is 64.8 Å². The highest BCUT2D eigenvalue weighted by Gasteiger charge is 2.26. The van der Waals surface area contributed by atoms with Crippen LogP contribution in [0.15, 0.2) is 121 Å². The number of aromatic nitrogens is 3. The van der Waals surface area contributed by atoms with E-state index in [4.69, 9.17) is 9.97 Å². The van der Waals surface area contributed by atoms with Gasteiger partial charge in [-0.15, -0.1) is 11.3 Å². The van der Waals surface area contributed by atoms with E-state index in [1.165, 1.54) is 23.1 Å². The maximum absolute atomic E-state index is 13.7. The van der Waals surface area contributed by atoms with E-state index in [-0.39, 0.29) is 17.3 Å². The number of thioether (sulfide) groups is 1. The lowest BCUT2D eigenvalue weighted by Gasteiger charge is -2.10. The Hall–Kier alpha value is -4.33. The number of benzene rings is 3. The second-order valence-corrected chi connectivity index (χ2v) is 10.5. The fraction of sp³-hybridized carbons (Fsp3) is 0.0323. The largest absolute Gasteiger partial charge is 0.322 e. The quantitative estimate of drug-likeness (QED) is 0.117. The van der Waals surface area contributed by atoms with Crippen molar-refractivity contribution in [1.82, 2.24) is 14.5 Å². The first-order chi connectivity index (χ1) is 18.7. The van der Waals surface area contributed by atoms with Gasteiger partial charge in [0, 0.05) is 29.1 Å². The fourth-order valence-electron chi connectivity index (χ4n) is 4.28. The van der Waals surface area contributed by atoms with Crippen molar-refractivity contribution in [2.75, 3.05) is 5.75 Å². The van der Waals surface area contributed by atoms with E-state index < -0.39 is 0 Å². The summed E-state index contributed by atoms with van der Waals surface area (Å²) in [7, 11) is 0. The maximum atomic E-state index is 13.7. The standard InChI is InChI=1S/C31H21N3O2S2/c35-24(21-12-4-1-5-13-21)20-37-31-32-26(22-14-6-2-7-15-22)25-27(34-18-10-11-19-34)29(38-30(25)33-31)28(36)23-16-8-3-9-17-23/h1-19H,20H2. The summed E-state index contributed by atoms with van der Waals surface area (Å²) in [6.45, 7) is 0. The summed E-state index contributed by atoms with van der Waals surface area (Å²) >= 11 is 2.67. The highest BCUT2D eigenvalue weighted by Crippen LogP contribution is 2.41. The van der Waals surface area contributed by atoms with E-state index >= 15 is 0 Å². The van der Waals surface area contributed by atoms with E-state index in [2.05, 4.69) is 0 Å². The molecule has 184 valence electrons. The summed E-state index contributed by atoms with van der Waals surface area (Å²) < 4.78 is 1.95. The SMILES string of the molecule is O=C(CSc1nc(-c2ccccc2)c2c(-n3cccc3)c(C(=O)c3ccccc3)sc2n1)c1ccccc1. The van der Waals surface area contributed by atoms with E-state index in [9.17, 15) is 9.59 Å². The summed E-state index contributed by atoms with van der Waals surface area (Å²) in [6, 6.07) is 32.3. The van der Waals surface area contributed by atoms with Crippen LogP contribution in [0.1, 0.15) is 25.6 Å². The molecule has 0 aliphatic heterocycles. The number of rotatable bonds is 8. The first-order valence-electron chi connectivity index (χ1n) is 12.0. The molecule has 0 saturated heterocycles. The number of thiophene rings is 1. The Balaban J connectivity index is 1.52. The lowest BCUT2D eigenvalue weighted by atomic mass is 10.0. The summed E-state index contributed by atoms with van der Waals surface area (Å²) in [5, 5.41) is 1.31. The minimum atomic E-state index is -0.0650. The third-order valence-corrected chi connectivity index (χ3v) is 8.01. The van der Waals surface area contributed by atoms with Crippen molar-refractivity contribution >= 4 is 44.9 Å². The van der Waals surface area contributed by atoms with Gasteiger partial charge in [0.1, 0.15) is 9.71 Å². The Labute approximate surface area is 227 Å². The molecule has 3 heterocycles. The Morgan fingerprint density at radius 2 is 1.34 bits per heavy atom. The van der Waals surface area contributed by atoms with Crippen LogP contribution in [0.3, 0.4) is 0 Å². The second kappa shape index (κ2) is 10.6. The first kappa shape index (κ1) is 24.0. The highest BCUT2D eigenvalue weighted by molar-refractivity contribution is 7.99. The lowest BCUT2D eigenvalue weighted by molar-refractivity contribution is 0.101. The molecule has 0 spiro atoms. The van der Waals surface area contributed by atoms with Gasteiger partial charge in [0.25, 0.3) is 0 Å². The Morgan fingerprint density at radius 1 is 0.737 bits per heavy atom. The van der Waals surface area contributed by atoms with E-state index in [0.29, 0.717) is 26.0 Å². The summed E-state index contributed by atoms with van der Waals surface area (Å²) in [5.74, 6) is 0.166. The van der Waals surface area contributed by atoms with Crippen molar-refractivity contribution in [2.24, 2.45) is 0 Å². The van der Waals surface area contributed by atoms with Crippen LogP contribution in [0.5, 0.6) is 0 Å². The molecule has 0 radical (unpaired) electrons. The molecule has 0 unspecified atom stereocenters. The molecule has 6 aromatic rings. The van der Waals surface area contributed by atoms with Gasteiger partial charge in [-0.05, 0) is 12.1 Å². The van der Waals surface area contributed by atoms with Crippen molar-refractivity contribution in [1.29, 1.82) is 0 Å². The van der Waals surface area contributed by atoms with Crippen LogP contribution in [-0.2, 0) is 0 Å². The zero-order valence-corrected chi connectivity index (χ0v) is 21.8. The van der Waals surface area contributed by atoms with Gasteiger partial charge in [-0.1, -0.05) is 103 Å². The fourth-order valence-corrected chi connectivity index (χ4v) is 6.21. The first-order valence-corrected chi connectivity index (χ1v) is 13.8. The molecule has 5 nitrogen and oxygen atoms in total. The highest BCUT2D eigenvalue weighted by atomic mass is 32.2. The van der Waals surface area contributed by atoms with Gasteiger partial charge in [-0.2, -0.15) is 0 Å². The normalized spacial score (nSPS) is 11.1. The monoisotopic (exact) mass is 531 g/mol. The van der Waals surface area contributed by atoms with E-state index in [1.54, 1.807) is 0 Å². The minimum Gasteiger partial charge on any atom is -0.322 e. The van der Waals surface area contributed by atoms with Crippen molar-refractivity contribution in [3.8, 4) is 16.9 Å². The van der Waals surface area contributed by atoms with Gasteiger partial charge in [0.15, 0.2) is 10.9 Å². The molecule has 38 heavy (non-hydrogen) atoms. The molecule has 0 N–H and O–H groups in total. The molecular weight excluding hydrogens is 510 g/mol. The van der Waals surface area contributed by atoms with E-state index in [1.807, 2.05) is 120 Å². The summed E-state index contributed by atoms with van der Waals surface area (Å²) in [5.41, 5.74) is 3.69. The number of carbonyl (C=O) groups is 2. The molecule has 0 bridgehead atoms. The molecule has 6 rings (SSSR count).